The molecule has 1 aromatic heterocycles. The lowest BCUT2D eigenvalue weighted by Gasteiger charge is -2.04. The molecule has 0 fully saturated rings. The van der Waals surface area contributed by atoms with Gasteiger partial charge in [0.05, 0.1) is 22.8 Å². The van der Waals surface area contributed by atoms with Gasteiger partial charge in [-0.25, -0.2) is 22.7 Å². The number of aromatic carboxylic acids is 1. The van der Waals surface area contributed by atoms with Crippen molar-refractivity contribution in [2.45, 2.75) is 11.4 Å². The standard InChI is InChI=1S/C12H13N3O5S/c1-14-8-13-15(12(14)18)6-7-21(19,20)10-4-2-9(3-5-10)11(16)17/h2-5,8H,6-7H2,1H3,(H,16,17). The van der Waals surface area contributed by atoms with Crippen LogP contribution in [0.25, 0.3) is 0 Å². The van der Waals surface area contributed by atoms with Crippen LogP contribution in [0.1, 0.15) is 10.4 Å². The molecule has 8 nitrogen and oxygen atoms in total. The zero-order valence-electron chi connectivity index (χ0n) is 11.1. The molecule has 1 heterocycles. The van der Waals surface area contributed by atoms with Crippen LogP contribution in [-0.4, -0.2) is 39.6 Å². The molecule has 1 aromatic carbocycles. The van der Waals surface area contributed by atoms with E-state index in [1.807, 2.05) is 0 Å². The van der Waals surface area contributed by atoms with Gasteiger partial charge in [0.2, 0.25) is 0 Å². The summed E-state index contributed by atoms with van der Waals surface area (Å²) in [5.41, 5.74) is -0.388. The summed E-state index contributed by atoms with van der Waals surface area (Å²) in [6.45, 7) is -0.0668. The maximum absolute atomic E-state index is 12.1. The van der Waals surface area contributed by atoms with Crippen LogP contribution in [0.3, 0.4) is 0 Å². The van der Waals surface area contributed by atoms with E-state index in [1.165, 1.54) is 42.2 Å². The first-order valence-corrected chi connectivity index (χ1v) is 7.61. The molecule has 0 radical (unpaired) electrons. The minimum atomic E-state index is -3.61. The number of sulfone groups is 1. The van der Waals surface area contributed by atoms with Crippen molar-refractivity contribution in [1.82, 2.24) is 14.3 Å². The number of nitrogens with zero attached hydrogens (tertiary/aromatic N) is 3. The van der Waals surface area contributed by atoms with E-state index < -0.39 is 21.5 Å². The molecule has 1 N–H and O–H groups in total. The second-order valence-corrected chi connectivity index (χ2v) is 6.51. The molecule has 0 aliphatic rings. The van der Waals surface area contributed by atoms with Crippen LogP contribution >= 0.6 is 0 Å². The van der Waals surface area contributed by atoms with Gasteiger partial charge >= 0.3 is 11.7 Å². The van der Waals surface area contributed by atoms with Crippen LogP contribution < -0.4 is 5.69 Å². The summed E-state index contributed by atoms with van der Waals surface area (Å²) < 4.78 is 26.5. The minimum Gasteiger partial charge on any atom is -0.478 e. The van der Waals surface area contributed by atoms with Crippen LogP contribution in [0.5, 0.6) is 0 Å². The molecule has 2 aromatic rings. The van der Waals surface area contributed by atoms with Gasteiger partial charge in [-0.15, -0.1) is 0 Å². The monoisotopic (exact) mass is 311 g/mol. The Kier molecular flexibility index (Phi) is 3.94. The van der Waals surface area contributed by atoms with Gasteiger partial charge in [0.1, 0.15) is 6.33 Å². The highest BCUT2D eigenvalue weighted by atomic mass is 32.2. The van der Waals surface area contributed by atoms with Crippen molar-refractivity contribution in [3.8, 4) is 0 Å². The Morgan fingerprint density at radius 2 is 1.90 bits per heavy atom. The van der Waals surface area contributed by atoms with Gasteiger partial charge in [0, 0.05) is 7.05 Å². The third-order valence-corrected chi connectivity index (χ3v) is 4.63. The number of hydrogen-bond acceptors (Lipinski definition) is 5. The lowest BCUT2D eigenvalue weighted by atomic mass is 10.2. The Labute approximate surface area is 120 Å². The summed E-state index contributed by atoms with van der Waals surface area (Å²) >= 11 is 0. The average Bonchev–Trinajstić information content (AvgIpc) is 2.77. The Balaban J connectivity index is 2.16. The first-order valence-electron chi connectivity index (χ1n) is 5.96. The van der Waals surface area contributed by atoms with E-state index in [0.717, 1.165) is 4.68 Å². The topological polar surface area (TPSA) is 111 Å². The summed E-state index contributed by atoms with van der Waals surface area (Å²) in [6.07, 6.45) is 1.30. The van der Waals surface area contributed by atoms with Crippen molar-refractivity contribution in [2.75, 3.05) is 5.75 Å². The first-order chi connectivity index (χ1) is 9.81. The zero-order valence-corrected chi connectivity index (χ0v) is 11.9. The van der Waals surface area contributed by atoms with E-state index in [0.29, 0.717) is 0 Å². The molecule has 0 bridgehead atoms. The van der Waals surface area contributed by atoms with E-state index in [-0.39, 0.29) is 22.8 Å². The first kappa shape index (κ1) is 15.0. The summed E-state index contributed by atoms with van der Waals surface area (Å²) in [5, 5.41) is 12.5. The number of carboxylic acids is 1. The van der Waals surface area contributed by atoms with E-state index >= 15 is 0 Å². The van der Waals surface area contributed by atoms with Gasteiger partial charge in [0.25, 0.3) is 0 Å². The quantitative estimate of drug-likeness (QED) is 0.815. The van der Waals surface area contributed by atoms with Crippen molar-refractivity contribution in [3.63, 3.8) is 0 Å². The predicted molar refractivity (Wildman–Crippen MR) is 72.9 cm³/mol. The molecule has 0 aliphatic carbocycles. The summed E-state index contributed by atoms with van der Waals surface area (Å²) in [4.78, 5) is 22.3. The normalized spacial score (nSPS) is 11.5. The van der Waals surface area contributed by atoms with Crippen LogP contribution in [0.4, 0.5) is 0 Å². The molecule has 0 saturated carbocycles. The van der Waals surface area contributed by atoms with E-state index in [4.69, 9.17) is 5.11 Å². The highest BCUT2D eigenvalue weighted by molar-refractivity contribution is 7.91. The lowest BCUT2D eigenvalue weighted by Crippen LogP contribution is -2.26. The molecule has 21 heavy (non-hydrogen) atoms. The Bertz CT molecular complexity index is 817. The molecule has 0 saturated heterocycles. The molecule has 0 unspecified atom stereocenters. The highest BCUT2D eigenvalue weighted by Crippen LogP contribution is 2.12. The molecular formula is C12H13N3O5S. The average molecular weight is 311 g/mol. The smallest absolute Gasteiger partial charge is 0.345 e. The number of hydrogen-bond donors (Lipinski definition) is 1. The number of carboxylic acid groups (broad SMARTS) is 1. The van der Waals surface area contributed by atoms with Gasteiger partial charge in [0.15, 0.2) is 9.84 Å². The van der Waals surface area contributed by atoms with Crippen LogP contribution in [0.2, 0.25) is 0 Å². The molecular weight excluding hydrogens is 298 g/mol. The molecule has 112 valence electrons. The molecule has 0 aliphatic heterocycles. The third kappa shape index (κ3) is 3.19. The van der Waals surface area contributed by atoms with Crippen molar-refractivity contribution in [2.24, 2.45) is 7.05 Å². The van der Waals surface area contributed by atoms with Crippen molar-refractivity contribution < 1.29 is 18.3 Å². The summed E-state index contributed by atoms with van der Waals surface area (Å²) in [6, 6.07) is 4.92. The molecule has 0 spiro atoms. The number of aromatic nitrogens is 3. The molecule has 9 heteroatoms. The fraction of sp³-hybridized carbons (Fsp3) is 0.250. The second kappa shape index (κ2) is 5.52. The zero-order chi connectivity index (χ0) is 15.6. The van der Waals surface area contributed by atoms with Crippen LogP contribution in [0, 0.1) is 0 Å². The minimum absolute atomic E-state index is 0.00916. The van der Waals surface area contributed by atoms with Crippen molar-refractivity contribution >= 4 is 15.8 Å². The van der Waals surface area contributed by atoms with Gasteiger partial charge < -0.3 is 5.11 Å². The predicted octanol–water partition coefficient (Wildman–Crippen LogP) is -0.246. The molecule has 0 amide bonds. The van der Waals surface area contributed by atoms with E-state index in [2.05, 4.69) is 5.10 Å². The van der Waals surface area contributed by atoms with Gasteiger partial charge in [-0.05, 0) is 24.3 Å². The lowest BCUT2D eigenvalue weighted by molar-refractivity contribution is 0.0696. The number of carbonyl (C=O) groups is 1. The van der Waals surface area contributed by atoms with E-state index in [1.54, 1.807) is 0 Å². The van der Waals surface area contributed by atoms with E-state index in [9.17, 15) is 18.0 Å². The fourth-order valence-electron chi connectivity index (χ4n) is 1.70. The Hall–Kier alpha value is -2.42. The fourth-order valence-corrected chi connectivity index (χ4v) is 2.90. The van der Waals surface area contributed by atoms with Crippen LogP contribution in [-0.2, 0) is 23.4 Å². The largest absolute Gasteiger partial charge is 0.478 e. The highest BCUT2D eigenvalue weighted by Gasteiger charge is 2.16. The SMILES string of the molecule is Cn1cnn(CCS(=O)(=O)c2ccc(C(=O)O)cc2)c1=O. The van der Waals surface area contributed by atoms with Crippen molar-refractivity contribution in [1.29, 1.82) is 0 Å². The van der Waals surface area contributed by atoms with Gasteiger partial charge in [-0.2, -0.15) is 5.10 Å². The summed E-state index contributed by atoms with van der Waals surface area (Å²) in [5.74, 6) is -1.42. The Morgan fingerprint density at radius 1 is 1.29 bits per heavy atom. The molecule has 2 rings (SSSR count). The maximum Gasteiger partial charge on any atom is 0.345 e. The molecule has 0 atom stereocenters. The van der Waals surface area contributed by atoms with Gasteiger partial charge in [-0.3, -0.25) is 4.57 Å². The second-order valence-electron chi connectivity index (χ2n) is 4.40. The number of aryl methyl sites for hydroxylation is 2. The van der Waals surface area contributed by atoms with Crippen molar-refractivity contribution in [3.05, 3.63) is 46.6 Å². The number of rotatable bonds is 5. The number of benzene rings is 1. The van der Waals surface area contributed by atoms with Crippen LogP contribution in [0.15, 0.2) is 40.3 Å². The van der Waals surface area contributed by atoms with Gasteiger partial charge in [-0.1, -0.05) is 0 Å². The Morgan fingerprint density at radius 3 is 2.38 bits per heavy atom. The summed E-state index contributed by atoms with van der Waals surface area (Å²) in [7, 11) is -2.09. The maximum atomic E-state index is 12.1. The third-order valence-electron chi connectivity index (χ3n) is 2.92.